The molecule has 0 atom stereocenters. The topological polar surface area (TPSA) is 62.3 Å². The number of methoxy groups -OCH3 is 1. The number of hydrogen-bond acceptors (Lipinski definition) is 4. The van der Waals surface area contributed by atoms with E-state index < -0.39 is 0 Å². The molecule has 0 aliphatic rings. The van der Waals surface area contributed by atoms with Gasteiger partial charge in [0.2, 0.25) is 5.95 Å². The first-order valence-electron chi connectivity index (χ1n) is 7.03. The number of hydrogen-bond donors (Lipinski definition) is 1. The molecule has 5 heteroatoms. The number of aromatic nitrogens is 2. The van der Waals surface area contributed by atoms with Crippen molar-refractivity contribution in [1.82, 2.24) is 9.55 Å². The summed E-state index contributed by atoms with van der Waals surface area (Å²) in [5.41, 5.74) is 7.90. The Hall–Kier alpha value is -1.75. The van der Waals surface area contributed by atoms with Gasteiger partial charge in [-0.25, -0.2) is 4.98 Å². The summed E-state index contributed by atoms with van der Waals surface area (Å²) < 4.78 is 12.9. The number of nitrogen functional groups attached to an aromatic ring is 1. The molecular formula is C15H23N3O2. The van der Waals surface area contributed by atoms with Gasteiger partial charge in [-0.1, -0.05) is 6.07 Å². The summed E-state index contributed by atoms with van der Waals surface area (Å²) in [7, 11) is 1.72. The Bertz CT molecular complexity index is 563. The third-order valence-electron chi connectivity index (χ3n) is 3.11. The van der Waals surface area contributed by atoms with Crippen LogP contribution in [-0.2, 0) is 11.3 Å². The average molecular weight is 277 g/mol. The average Bonchev–Trinajstić information content (AvgIpc) is 2.72. The molecule has 1 aromatic heterocycles. The van der Waals surface area contributed by atoms with Gasteiger partial charge < -0.3 is 19.8 Å². The van der Waals surface area contributed by atoms with Gasteiger partial charge in [-0.3, -0.25) is 0 Å². The first kappa shape index (κ1) is 14.7. The van der Waals surface area contributed by atoms with Crippen LogP contribution in [-0.4, -0.2) is 29.4 Å². The molecular weight excluding hydrogens is 254 g/mol. The van der Waals surface area contributed by atoms with Crippen LogP contribution in [0.1, 0.15) is 26.7 Å². The fourth-order valence-electron chi connectivity index (χ4n) is 2.24. The molecule has 1 heterocycles. The van der Waals surface area contributed by atoms with Crippen LogP contribution < -0.4 is 10.5 Å². The van der Waals surface area contributed by atoms with E-state index in [-0.39, 0.29) is 6.10 Å². The first-order chi connectivity index (χ1) is 9.63. The molecule has 0 fully saturated rings. The summed E-state index contributed by atoms with van der Waals surface area (Å²) in [5.74, 6) is 1.33. The molecule has 0 radical (unpaired) electrons. The molecule has 110 valence electrons. The number of aryl methyl sites for hydroxylation is 1. The van der Waals surface area contributed by atoms with E-state index in [4.69, 9.17) is 15.2 Å². The van der Waals surface area contributed by atoms with Gasteiger partial charge in [-0.05, 0) is 38.8 Å². The predicted octanol–water partition coefficient (Wildman–Crippen LogP) is 2.83. The summed E-state index contributed by atoms with van der Waals surface area (Å²) in [6.07, 6.45) is 2.14. The lowest BCUT2D eigenvalue weighted by atomic mass is 10.2. The van der Waals surface area contributed by atoms with Crippen molar-refractivity contribution in [3.63, 3.8) is 0 Å². The Morgan fingerprint density at radius 1 is 1.30 bits per heavy atom. The van der Waals surface area contributed by atoms with Gasteiger partial charge in [0.1, 0.15) is 11.3 Å². The van der Waals surface area contributed by atoms with Crippen molar-refractivity contribution in [2.24, 2.45) is 0 Å². The number of ether oxygens (including phenoxy) is 2. The highest BCUT2D eigenvalue weighted by Gasteiger charge is 2.12. The second-order valence-corrected chi connectivity index (χ2v) is 5.11. The van der Waals surface area contributed by atoms with Crippen LogP contribution in [0.3, 0.4) is 0 Å². The van der Waals surface area contributed by atoms with Crippen molar-refractivity contribution < 1.29 is 9.47 Å². The van der Waals surface area contributed by atoms with Gasteiger partial charge in [0.25, 0.3) is 0 Å². The smallest absolute Gasteiger partial charge is 0.201 e. The Kier molecular flexibility index (Phi) is 4.84. The molecule has 0 unspecified atom stereocenters. The number of benzene rings is 1. The third-order valence-corrected chi connectivity index (χ3v) is 3.11. The molecule has 0 aliphatic carbocycles. The summed E-state index contributed by atoms with van der Waals surface area (Å²) >= 11 is 0. The van der Waals surface area contributed by atoms with E-state index in [0.717, 1.165) is 42.8 Å². The maximum absolute atomic E-state index is 6.03. The van der Waals surface area contributed by atoms with Gasteiger partial charge in [0.05, 0.1) is 11.6 Å². The molecule has 0 spiro atoms. The molecule has 0 aliphatic heterocycles. The van der Waals surface area contributed by atoms with Crippen molar-refractivity contribution >= 4 is 17.0 Å². The largest absolute Gasteiger partial charge is 0.489 e. The minimum Gasteiger partial charge on any atom is -0.489 e. The van der Waals surface area contributed by atoms with Crippen molar-refractivity contribution in [2.75, 3.05) is 19.5 Å². The lowest BCUT2D eigenvalue weighted by Gasteiger charge is -2.10. The van der Waals surface area contributed by atoms with Gasteiger partial charge in [-0.2, -0.15) is 0 Å². The minimum atomic E-state index is 0.119. The third kappa shape index (κ3) is 3.22. The molecule has 2 N–H and O–H groups in total. The van der Waals surface area contributed by atoms with Gasteiger partial charge in [0, 0.05) is 20.3 Å². The summed E-state index contributed by atoms with van der Waals surface area (Å²) in [6.45, 7) is 5.62. The first-order valence-corrected chi connectivity index (χ1v) is 7.03. The van der Waals surface area contributed by atoms with E-state index in [1.807, 2.05) is 36.6 Å². The number of anilines is 1. The lowest BCUT2D eigenvalue weighted by molar-refractivity contribution is 0.191. The number of imidazole rings is 1. The van der Waals surface area contributed by atoms with Crippen LogP contribution in [0, 0.1) is 0 Å². The van der Waals surface area contributed by atoms with Crippen LogP contribution >= 0.6 is 0 Å². The zero-order chi connectivity index (χ0) is 14.5. The molecule has 1 aromatic carbocycles. The predicted molar refractivity (Wildman–Crippen MR) is 81.0 cm³/mol. The van der Waals surface area contributed by atoms with Crippen LogP contribution in [0.15, 0.2) is 18.2 Å². The Morgan fingerprint density at radius 2 is 2.10 bits per heavy atom. The highest BCUT2D eigenvalue weighted by atomic mass is 16.5. The fraction of sp³-hybridized carbons (Fsp3) is 0.533. The number of unbranched alkanes of at least 4 members (excludes halogenated alkanes) is 1. The van der Waals surface area contributed by atoms with Gasteiger partial charge in [-0.15, -0.1) is 0 Å². The second-order valence-electron chi connectivity index (χ2n) is 5.11. The normalized spacial score (nSPS) is 11.4. The Morgan fingerprint density at radius 3 is 2.80 bits per heavy atom. The molecule has 0 saturated carbocycles. The van der Waals surface area contributed by atoms with E-state index in [1.54, 1.807) is 7.11 Å². The SMILES string of the molecule is COCCCCn1c(N)nc2c(OC(C)C)cccc21. The highest BCUT2D eigenvalue weighted by molar-refractivity contribution is 5.84. The monoisotopic (exact) mass is 277 g/mol. The van der Waals surface area contributed by atoms with E-state index in [9.17, 15) is 0 Å². The quantitative estimate of drug-likeness (QED) is 0.790. The van der Waals surface area contributed by atoms with Crippen LogP contribution in [0.25, 0.3) is 11.0 Å². The van der Waals surface area contributed by atoms with E-state index in [0.29, 0.717) is 5.95 Å². The molecule has 2 rings (SSSR count). The van der Waals surface area contributed by atoms with E-state index >= 15 is 0 Å². The molecule has 5 nitrogen and oxygen atoms in total. The number of fused-ring (bicyclic) bond motifs is 1. The van der Waals surface area contributed by atoms with Crippen LogP contribution in [0.5, 0.6) is 5.75 Å². The highest BCUT2D eigenvalue weighted by Crippen LogP contribution is 2.28. The zero-order valence-electron chi connectivity index (χ0n) is 12.4. The standard InChI is InChI=1S/C15H23N3O2/c1-11(2)20-13-8-6-7-12-14(13)17-15(16)18(12)9-4-5-10-19-3/h6-8,11H,4-5,9-10H2,1-3H3,(H2,16,17). The van der Waals surface area contributed by atoms with Crippen LogP contribution in [0.2, 0.25) is 0 Å². The fourth-order valence-corrected chi connectivity index (χ4v) is 2.24. The molecule has 20 heavy (non-hydrogen) atoms. The van der Waals surface area contributed by atoms with E-state index in [2.05, 4.69) is 4.98 Å². The van der Waals surface area contributed by atoms with Crippen molar-refractivity contribution in [2.45, 2.75) is 39.3 Å². The Labute approximate surface area is 119 Å². The number of nitrogens with two attached hydrogens (primary N) is 1. The van der Waals surface area contributed by atoms with Crippen LogP contribution in [0.4, 0.5) is 5.95 Å². The zero-order valence-corrected chi connectivity index (χ0v) is 12.4. The van der Waals surface area contributed by atoms with Crippen molar-refractivity contribution in [3.05, 3.63) is 18.2 Å². The number of nitrogens with zero attached hydrogens (tertiary/aromatic N) is 2. The number of rotatable bonds is 7. The van der Waals surface area contributed by atoms with Gasteiger partial charge >= 0.3 is 0 Å². The van der Waals surface area contributed by atoms with E-state index in [1.165, 1.54) is 0 Å². The second kappa shape index (κ2) is 6.61. The van der Waals surface area contributed by atoms with Gasteiger partial charge in [0.15, 0.2) is 0 Å². The Balaban J connectivity index is 2.24. The summed E-state index contributed by atoms with van der Waals surface area (Å²) in [6, 6.07) is 5.94. The molecule has 0 amide bonds. The summed E-state index contributed by atoms with van der Waals surface area (Å²) in [5, 5.41) is 0. The summed E-state index contributed by atoms with van der Waals surface area (Å²) in [4.78, 5) is 4.45. The minimum absolute atomic E-state index is 0.119. The maximum atomic E-state index is 6.03. The number of para-hydroxylation sites is 1. The molecule has 0 bridgehead atoms. The molecule has 0 saturated heterocycles. The lowest BCUT2D eigenvalue weighted by Crippen LogP contribution is -2.06. The van der Waals surface area contributed by atoms with Crippen molar-refractivity contribution in [3.8, 4) is 5.75 Å². The maximum Gasteiger partial charge on any atom is 0.201 e. The van der Waals surface area contributed by atoms with Crippen molar-refractivity contribution in [1.29, 1.82) is 0 Å². The molecule has 2 aromatic rings.